The molecule has 29 heavy (non-hydrogen) atoms. The molecule has 9 heteroatoms. The Balaban J connectivity index is 2.48. The molecule has 0 aliphatic heterocycles. The van der Waals surface area contributed by atoms with Crippen molar-refractivity contribution in [2.45, 2.75) is 17.9 Å². The lowest BCUT2D eigenvalue weighted by Crippen LogP contribution is -2.13. The van der Waals surface area contributed by atoms with Gasteiger partial charge in [0, 0.05) is 17.8 Å². The molecule has 3 rings (SSSR count). The van der Waals surface area contributed by atoms with Crippen molar-refractivity contribution in [3.63, 3.8) is 0 Å². The summed E-state index contributed by atoms with van der Waals surface area (Å²) in [5.41, 5.74) is 1.25. The van der Waals surface area contributed by atoms with Crippen molar-refractivity contribution in [1.29, 1.82) is 0 Å². The Morgan fingerprint density at radius 1 is 1.03 bits per heavy atom. The number of ether oxygens (including phenoxy) is 3. The molecule has 0 spiro atoms. The van der Waals surface area contributed by atoms with E-state index in [1.807, 2.05) is 6.92 Å². The highest BCUT2D eigenvalue weighted by Gasteiger charge is 2.30. The predicted molar refractivity (Wildman–Crippen MR) is 107 cm³/mol. The van der Waals surface area contributed by atoms with Gasteiger partial charge in [-0.15, -0.1) is 0 Å². The second kappa shape index (κ2) is 7.94. The van der Waals surface area contributed by atoms with Crippen LogP contribution in [0.5, 0.6) is 17.2 Å². The monoisotopic (exact) mass is 421 g/mol. The van der Waals surface area contributed by atoms with Gasteiger partial charge in [-0.3, -0.25) is 0 Å². The lowest BCUT2D eigenvalue weighted by molar-refractivity contribution is 0.0966. The van der Waals surface area contributed by atoms with E-state index in [2.05, 4.69) is 0 Å². The number of aliphatic hydroxyl groups excluding tert-OH is 2. The van der Waals surface area contributed by atoms with Crippen molar-refractivity contribution >= 4 is 20.9 Å². The van der Waals surface area contributed by atoms with E-state index in [9.17, 15) is 18.6 Å². The molecule has 2 aromatic carbocycles. The van der Waals surface area contributed by atoms with Crippen molar-refractivity contribution in [1.82, 2.24) is 3.97 Å². The highest BCUT2D eigenvalue weighted by molar-refractivity contribution is 7.90. The highest BCUT2D eigenvalue weighted by atomic mass is 32.2. The molecule has 156 valence electrons. The summed E-state index contributed by atoms with van der Waals surface area (Å²) in [5, 5.41) is 20.1. The van der Waals surface area contributed by atoms with E-state index in [0.717, 1.165) is 9.54 Å². The van der Waals surface area contributed by atoms with E-state index in [0.29, 0.717) is 5.39 Å². The third kappa shape index (κ3) is 3.41. The van der Waals surface area contributed by atoms with Crippen LogP contribution in [0, 0.1) is 6.92 Å². The molecule has 1 aromatic heterocycles. The van der Waals surface area contributed by atoms with Crippen LogP contribution in [0.3, 0.4) is 0 Å². The Morgan fingerprint density at radius 2 is 1.66 bits per heavy atom. The summed E-state index contributed by atoms with van der Waals surface area (Å²) in [5.74, 6) is 0.703. The molecule has 0 bridgehead atoms. The van der Waals surface area contributed by atoms with Crippen molar-refractivity contribution < 1.29 is 32.8 Å². The van der Waals surface area contributed by atoms with Crippen LogP contribution in [-0.4, -0.2) is 50.5 Å². The van der Waals surface area contributed by atoms with Gasteiger partial charge in [0.25, 0.3) is 10.0 Å². The van der Waals surface area contributed by atoms with E-state index in [1.165, 1.54) is 45.7 Å². The molecular weight excluding hydrogens is 398 g/mol. The maximum Gasteiger partial charge on any atom is 0.268 e. The van der Waals surface area contributed by atoms with Gasteiger partial charge < -0.3 is 24.4 Å². The average Bonchev–Trinajstić information content (AvgIpc) is 3.13. The summed E-state index contributed by atoms with van der Waals surface area (Å²) >= 11 is 0. The van der Waals surface area contributed by atoms with Crippen LogP contribution in [0.4, 0.5) is 0 Å². The molecule has 2 N–H and O–H groups in total. The van der Waals surface area contributed by atoms with Gasteiger partial charge in [-0.05, 0) is 19.1 Å². The van der Waals surface area contributed by atoms with Crippen LogP contribution >= 0.6 is 0 Å². The Morgan fingerprint density at radius 3 is 2.17 bits per heavy atom. The van der Waals surface area contributed by atoms with E-state index >= 15 is 0 Å². The number of aliphatic hydroxyl groups is 2. The molecule has 1 heterocycles. The predicted octanol–water partition coefficient (Wildman–Crippen LogP) is 2.24. The minimum Gasteiger partial charge on any atom is -0.496 e. The second-order valence-corrected chi connectivity index (χ2v) is 8.25. The first-order chi connectivity index (χ1) is 13.8. The van der Waals surface area contributed by atoms with Crippen LogP contribution in [0.25, 0.3) is 10.9 Å². The zero-order chi connectivity index (χ0) is 21.3. The molecule has 0 aliphatic rings. The molecule has 1 unspecified atom stereocenters. The zero-order valence-corrected chi connectivity index (χ0v) is 17.4. The Labute approximate surface area is 168 Å². The minimum absolute atomic E-state index is 0.0638. The molecular formula is C20H23NO7S. The maximum absolute atomic E-state index is 13.4. The number of hydrogen-bond acceptors (Lipinski definition) is 7. The van der Waals surface area contributed by atoms with Crippen molar-refractivity contribution in [3.05, 3.63) is 47.7 Å². The standard InChI is InChI=1S/C20H23NO7S/c1-12-5-7-13(8-6-12)29(24,25)21-10-14(15(23)11-22)18-16(26-2)9-17(27-3)20(28-4)19(18)21/h5-10,15,22-23H,11H2,1-4H3. The number of hydrogen-bond donors (Lipinski definition) is 2. The van der Waals surface area contributed by atoms with Gasteiger partial charge in [0.15, 0.2) is 11.5 Å². The first-order valence-electron chi connectivity index (χ1n) is 8.75. The Hall–Kier alpha value is -2.75. The van der Waals surface area contributed by atoms with Crippen LogP contribution in [0.1, 0.15) is 17.2 Å². The first-order valence-corrected chi connectivity index (χ1v) is 10.2. The fraction of sp³-hybridized carbons (Fsp3) is 0.300. The van der Waals surface area contributed by atoms with E-state index in [4.69, 9.17) is 14.2 Å². The summed E-state index contributed by atoms with van der Waals surface area (Å²) in [6.07, 6.45) is -0.0513. The lowest BCUT2D eigenvalue weighted by atomic mass is 10.1. The van der Waals surface area contributed by atoms with Crippen LogP contribution < -0.4 is 14.2 Å². The van der Waals surface area contributed by atoms with Gasteiger partial charge in [0.2, 0.25) is 0 Å². The third-order valence-electron chi connectivity index (χ3n) is 4.70. The molecule has 1 atom stereocenters. The molecule has 0 aliphatic carbocycles. The molecule has 0 fully saturated rings. The molecule has 0 saturated heterocycles. The molecule has 0 saturated carbocycles. The first kappa shape index (κ1) is 21.0. The number of aromatic nitrogens is 1. The number of methoxy groups -OCH3 is 3. The number of fused-ring (bicyclic) bond motifs is 1. The number of nitrogens with zero attached hydrogens (tertiary/aromatic N) is 1. The fourth-order valence-electron chi connectivity index (χ4n) is 3.22. The smallest absolute Gasteiger partial charge is 0.268 e. The summed E-state index contributed by atoms with van der Waals surface area (Å²) < 4.78 is 44.1. The van der Waals surface area contributed by atoms with Gasteiger partial charge in [-0.1, -0.05) is 17.7 Å². The quantitative estimate of drug-likeness (QED) is 0.602. The van der Waals surface area contributed by atoms with Gasteiger partial charge in [-0.2, -0.15) is 0 Å². The van der Waals surface area contributed by atoms with Crippen LogP contribution in [0.15, 0.2) is 41.4 Å². The van der Waals surface area contributed by atoms with E-state index < -0.39 is 22.7 Å². The largest absolute Gasteiger partial charge is 0.496 e. The van der Waals surface area contributed by atoms with Crippen molar-refractivity contribution in [2.75, 3.05) is 27.9 Å². The lowest BCUT2D eigenvalue weighted by Gasteiger charge is -2.15. The zero-order valence-electron chi connectivity index (χ0n) is 16.5. The highest BCUT2D eigenvalue weighted by Crippen LogP contribution is 2.46. The van der Waals surface area contributed by atoms with Crippen LogP contribution in [-0.2, 0) is 10.0 Å². The van der Waals surface area contributed by atoms with Gasteiger partial charge in [-0.25, -0.2) is 12.4 Å². The maximum atomic E-state index is 13.4. The Bertz CT molecular complexity index is 1130. The molecule has 3 aromatic rings. The van der Waals surface area contributed by atoms with Gasteiger partial charge in [0.05, 0.1) is 38.2 Å². The van der Waals surface area contributed by atoms with Crippen LogP contribution in [0.2, 0.25) is 0 Å². The Kier molecular flexibility index (Phi) is 5.74. The average molecular weight is 421 g/mol. The summed E-state index contributed by atoms with van der Waals surface area (Å²) in [6, 6.07) is 7.93. The summed E-state index contributed by atoms with van der Waals surface area (Å²) in [4.78, 5) is 0.0638. The van der Waals surface area contributed by atoms with Gasteiger partial charge >= 0.3 is 0 Å². The van der Waals surface area contributed by atoms with Gasteiger partial charge in [0.1, 0.15) is 17.4 Å². The van der Waals surface area contributed by atoms with E-state index in [1.54, 1.807) is 12.1 Å². The van der Waals surface area contributed by atoms with E-state index in [-0.39, 0.29) is 33.2 Å². The normalized spacial score (nSPS) is 12.8. The second-order valence-electron chi connectivity index (χ2n) is 6.43. The molecule has 0 radical (unpaired) electrons. The fourth-order valence-corrected chi connectivity index (χ4v) is 4.60. The number of aryl methyl sites for hydroxylation is 1. The number of rotatable bonds is 7. The minimum atomic E-state index is -4.05. The summed E-state index contributed by atoms with van der Waals surface area (Å²) in [6.45, 7) is 1.26. The SMILES string of the molecule is COc1cc(OC)c2c(C(O)CO)cn(S(=O)(=O)c3ccc(C)cc3)c2c1OC. The topological polar surface area (TPSA) is 107 Å². The van der Waals surface area contributed by atoms with Crippen molar-refractivity contribution in [3.8, 4) is 17.2 Å². The summed E-state index contributed by atoms with van der Waals surface area (Å²) in [7, 11) is 0.181. The molecule has 0 amide bonds. The number of benzene rings is 2. The third-order valence-corrected chi connectivity index (χ3v) is 6.38. The molecule has 8 nitrogen and oxygen atoms in total. The van der Waals surface area contributed by atoms with Crippen molar-refractivity contribution in [2.24, 2.45) is 0 Å².